The zero-order valence-corrected chi connectivity index (χ0v) is 12.1. The second-order valence-corrected chi connectivity index (χ2v) is 5.00. The molecule has 0 aromatic heterocycles. The largest absolute Gasteiger partial charge is 0.480 e. The number of benzene rings is 1. The molecule has 0 fully saturated rings. The van der Waals surface area contributed by atoms with Crippen molar-refractivity contribution in [3.05, 3.63) is 41.0 Å². The van der Waals surface area contributed by atoms with Gasteiger partial charge in [0, 0.05) is 0 Å². The van der Waals surface area contributed by atoms with Crippen molar-refractivity contribution in [2.24, 2.45) is 5.10 Å². The van der Waals surface area contributed by atoms with Crippen LogP contribution in [0.25, 0.3) is 6.08 Å². The van der Waals surface area contributed by atoms with Crippen LogP contribution in [0.3, 0.4) is 0 Å². The van der Waals surface area contributed by atoms with E-state index in [1.54, 1.807) is 6.92 Å². The van der Waals surface area contributed by atoms with E-state index >= 15 is 0 Å². The number of rotatable bonds is 3. The summed E-state index contributed by atoms with van der Waals surface area (Å²) in [7, 11) is 0. The predicted octanol–water partition coefficient (Wildman–Crippen LogP) is 2.78. The van der Waals surface area contributed by atoms with E-state index in [1.165, 1.54) is 18.2 Å². The molecule has 122 valence electrons. The van der Waals surface area contributed by atoms with Gasteiger partial charge in [0.1, 0.15) is 6.54 Å². The number of halogens is 3. The first-order chi connectivity index (χ1) is 10.7. The lowest BCUT2D eigenvalue weighted by molar-refractivity contribution is -0.144. The highest BCUT2D eigenvalue weighted by Gasteiger charge is 2.30. The van der Waals surface area contributed by atoms with E-state index in [2.05, 4.69) is 5.10 Å². The van der Waals surface area contributed by atoms with Crippen molar-refractivity contribution in [1.82, 2.24) is 5.01 Å². The summed E-state index contributed by atoms with van der Waals surface area (Å²) in [4.78, 5) is 22.5. The van der Waals surface area contributed by atoms with E-state index in [0.717, 1.165) is 17.1 Å². The van der Waals surface area contributed by atoms with Crippen LogP contribution in [0.4, 0.5) is 13.2 Å². The van der Waals surface area contributed by atoms with Crippen LogP contribution in [0.1, 0.15) is 24.5 Å². The molecular weight excluding hydrogens is 313 g/mol. The summed E-state index contributed by atoms with van der Waals surface area (Å²) >= 11 is 0. The first kappa shape index (κ1) is 16.7. The van der Waals surface area contributed by atoms with Crippen molar-refractivity contribution < 1.29 is 27.9 Å². The highest BCUT2D eigenvalue weighted by molar-refractivity contribution is 6.08. The SMILES string of the molecule is CC1=NN(CC(=O)O)C(=O)C/C1=C\c1cccc(C(F)(F)F)c1. The van der Waals surface area contributed by atoms with Gasteiger partial charge in [0.2, 0.25) is 5.91 Å². The molecule has 1 aromatic rings. The fourth-order valence-electron chi connectivity index (χ4n) is 2.10. The number of carboxylic acid groups (broad SMARTS) is 1. The smallest absolute Gasteiger partial charge is 0.416 e. The van der Waals surface area contributed by atoms with Crippen molar-refractivity contribution >= 4 is 23.7 Å². The fraction of sp³-hybridized carbons (Fsp3) is 0.267. The molecule has 1 heterocycles. The number of alkyl halides is 3. The molecule has 0 radical (unpaired) electrons. The monoisotopic (exact) mass is 326 g/mol. The number of nitrogens with zero attached hydrogens (tertiary/aromatic N) is 2. The zero-order valence-electron chi connectivity index (χ0n) is 12.1. The van der Waals surface area contributed by atoms with E-state index < -0.39 is 30.2 Å². The Kier molecular flexibility index (Phi) is 4.53. The van der Waals surface area contributed by atoms with Gasteiger partial charge in [-0.15, -0.1) is 0 Å². The zero-order chi connectivity index (χ0) is 17.2. The third-order valence-electron chi connectivity index (χ3n) is 3.20. The topological polar surface area (TPSA) is 70.0 Å². The van der Waals surface area contributed by atoms with Crippen LogP contribution in [-0.2, 0) is 15.8 Å². The van der Waals surface area contributed by atoms with E-state index in [4.69, 9.17) is 5.11 Å². The Bertz CT molecular complexity index is 708. The van der Waals surface area contributed by atoms with E-state index in [-0.39, 0.29) is 6.42 Å². The van der Waals surface area contributed by atoms with Crippen LogP contribution in [-0.4, -0.2) is 34.2 Å². The number of hydrogen-bond acceptors (Lipinski definition) is 3. The number of carbonyl (C=O) groups excluding carboxylic acids is 1. The molecular formula is C15H13F3N2O3. The number of amides is 1. The third kappa shape index (κ3) is 4.18. The van der Waals surface area contributed by atoms with Crippen molar-refractivity contribution in [3.63, 3.8) is 0 Å². The minimum atomic E-state index is -4.45. The molecule has 0 bridgehead atoms. The molecule has 5 nitrogen and oxygen atoms in total. The Hall–Kier alpha value is -2.64. The lowest BCUT2D eigenvalue weighted by Gasteiger charge is -2.22. The van der Waals surface area contributed by atoms with Gasteiger partial charge in [-0.2, -0.15) is 18.3 Å². The lowest BCUT2D eigenvalue weighted by atomic mass is 10.0. The molecule has 0 saturated carbocycles. The highest BCUT2D eigenvalue weighted by Crippen LogP contribution is 2.30. The van der Waals surface area contributed by atoms with Crippen LogP contribution >= 0.6 is 0 Å². The predicted molar refractivity (Wildman–Crippen MR) is 76.5 cm³/mol. The fourth-order valence-corrected chi connectivity index (χ4v) is 2.10. The Balaban J connectivity index is 2.30. The summed E-state index contributed by atoms with van der Waals surface area (Å²) in [6.07, 6.45) is -3.11. The molecule has 0 atom stereocenters. The molecule has 1 aliphatic heterocycles. The molecule has 0 saturated heterocycles. The van der Waals surface area contributed by atoms with E-state index in [0.29, 0.717) is 16.8 Å². The highest BCUT2D eigenvalue weighted by atomic mass is 19.4. The molecule has 23 heavy (non-hydrogen) atoms. The molecule has 2 rings (SSSR count). The summed E-state index contributed by atoms with van der Waals surface area (Å²) in [5.74, 6) is -1.71. The van der Waals surface area contributed by atoms with Gasteiger partial charge in [0.15, 0.2) is 0 Å². The maximum atomic E-state index is 12.7. The second kappa shape index (κ2) is 6.23. The van der Waals surface area contributed by atoms with Gasteiger partial charge in [-0.1, -0.05) is 12.1 Å². The third-order valence-corrected chi connectivity index (χ3v) is 3.20. The molecule has 1 aliphatic rings. The average molecular weight is 326 g/mol. The number of aliphatic carboxylic acids is 1. The van der Waals surface area contributed by atoms with Gasteiger partial charge >= 0.3 is 12.1 Å². The van der Waals surface area contributed by atoms with Gasteiger partial charge in [-0.05, 0) is 36.3 Å². The van der Waals surface area contributed by atoms with Crippen molar-refractivity contribution in [1.29, 1.82) is 0 Å². The van der Waals surface area contributed by atoms with Crippen LogP contribution in [0.2, 0.25) is 0 Å². The van der Waals surface area contributed by atoms with Gasteiger partial charge in [-0.3, -0.25) is 9.59 Å². The van der Waals surface area contributed by atoms with Crippen LogP contribution < -0.4 is 0 Å². The summed E-state index contributed by atoms with van der Waals surface area (Å²) < 4.78 is 38.1. The first-order valence-electron chi connectivity index (χ1n) is 6.62. The number of hydrogen-bond donors (Lipinski definition) is 1. The molecule has 1 amide bonds. The van der Waals surface area contributed by atoms with Crippen LogP contribution in [0.15, 0.2) is 34.9 Å². The van der Waals surface area contributed by atoms with E-state index in [1.807, 2.05) is 0 Å². The normalized spacial score (nSPS) is 17.4. The minimum absolute atomic E-state index is 0.112. The van der Waals surface area contributed by atoms with Crippen molar-refractivity contribution in [2.75, 3.05) is 6.54 Å². The van der Waals surface area contributed by atoms with E-state index in [9.17, 15) is 22.8 Å². The Labute approximate surface area is 129 Å². The Morgan fingerprint density at radius 2 is 2.13 bits per heavy atom. The summed E-state index contributed by atoms with van der Waals surface area (Å²) in [5.41, 5.74) is 0.360. The average Bonchev–Trinajstić information content (AvgIpc) is 2.43. The molecule has 8 heteroatoms. The molecule has 1 aromatic carbocycles. The van der Waals surface area contributed by atoms with Crippen molar-refractivity contribution in [2.45, 2.75) is 19.5 Å². The molecule has 1 N–H and O–H groups in total. The Morgan fingerprint density at radius 1 is 1.43 bits per heavy atom. The maximum Gasteiger partial charge on any atom is 0.416 e. The summed E-state index contributed by atoms with van der Waals surface area (Å²) in [6, 6.07) is 4.71. The number of carbonyl (C=O) groups is 2. The first-order valence-corrected chi connectivity index (χ1v) is 6.62. The number of carboxylic acids is 1. The van der Waals surface area contributed by atoms with Gasteiger partial charge in [0.05, 0.1) is 17.7 Å². The second-order valence-electron chi connectivity index (χ2n) is 5.00. The van der Waals surface area contributed by atoms with Gasteiger partial charge in [-0.25, -0.2) is 5.01 Å². The Morgan fingerprint density at radius 3 is 2.74 bits per heavy atom. The molecule has 0 aliphatic carbocycles. The van der Waals surface area contributed by atoms with Crippen molar-refractivity contribution in [3.8, 4) is 0 Å². The van der Waals surface area contributed by atoms with Gasteiger partial charge in [0.25, 0.3) is 0 Å². The minimum Gasteiger partial charge on any atom is -0.480 e. The number of hydrazone groups is 1. The molecule has 0 spiro atoms. The summed E-state index contributed by atoms with van der Waals surface area (Å²) in [6.45, 7) is 1.02. The van der Waals surface area contributed by atoms with Crippen LogP contribution in [0, 0.1) is 0 Å². The lowest BCUT2D eigenvalue weighted by Crippen LogP contribution is -2.35. The standard InChI is InChI=1S/C15H13F3N2O3/c1-9-11(7-13(21)20(19-9)8-14(22)23)5-10-3-2-4-12(6-10)15(16,17)18/h2-6H,7-8H2,1H3,(H,22,23)/b11-5+. The van der Waals surface area contributed by atoms with Crippen LogP contribution in [0.5, 0.6) is 0 Å². The summed E-state index contributed by atoms with van der Waals surface area (Å²) in [5, 5.41) is 13.4. The maximum absolute atomic E-state index is 12.7. The molecule has 0 unspecified atom stereocenters. The van der Waals surface area contributed by atoms with Gasteiger partial charge < -0.3 is 5.11 Å². The quantitative estimate of drug-likeness (QED) is 0.928.